The Balaban J connectivity index is 1.40. The summed E-state index contributed by atoms with van der Waals surface area (Å²) >= 11 is 13.8. The largest absolute Gasteiger partial charge is 0.324 e. The van der Waals surface area contributed by atoms with Gasteiger partial charge in [0.2, 0.25) is 0 Å². The van der Waals surface area contributed by atoms with E-state index in [1.165, 1.54) is 29.5 Å². The Labute approximate surface area is 192 Å². The van der Waals surface area contributed by atoms with Gasteiger partial charge in [-0.25, -0.2) is 4.98 Å². The number of hydrogen-bond donors (Lipinski definition) is 1. The van der Waals surface area contributed by atoms with E-state index in [2.05, 4.69) is 41.4 Å². The molecule has 0 unspecified atom stereocenters. The van der Waals surface area contributed by atoms with Crippen molar-refractivity contribution < 1.29 is 0 Å². The van der Waals surface area contributed by atoms with Gasteiger partial charge in [-0.2, -0.15) is 0 Å². The molecular weight excluding hydrogens is 433 g/mol. The van der Waals surface area contributed by atoms with Gasteiger partial charge in [-0.05, 0) is 66.8 Å². The van der Waals surface area contributed by atoms with Crippen LogP contribution in [0.5, 0.6) is 0 Å². The number of benzene rings is 1. The first-order valence-corrected chi connectivity index (χ1v) is 12.1. The number of hydrogen-bond acceptors (Lipinski definition) is 4. The maximum absolute atomic E-state index is 6.52. The first kappa shape index (κ1) is 21.6. The Morgan fingerprint density at radius 1 is 1.00 bits per heavy atom. The van der Waals surface area contributed by atoms with E-state index in [9.17, 15) is 0 Å². The SMILES string of the molecule is N[C@@H]1CC[C@H](c2ccc(CSc3ccnc(Cl)c3Cl)nc2)CCCc2ccccc21. The van der Waals surface area contributed by atoms with Crippen molar-refractivity contribution in [1.29, 1.82) is 0 Å². The van der Waals surface area contributed by atoms with Gasteiger partial charge in [0.15, 0.2) is 0 Å². The number of nitrogens with zero attached hydrogens (tertiary/aromatic N) is 2. The zero-order valence-electron chi connectivity index (χ0n) is 16.7. The number of halogens is 2. The van der Waals surface area contributed by atoms with E-state index in [0.717, 1.165) is 35.6 Å². The van der Waals surface area contributed by atoms with Crippen LogP contribution >= 0.6 is 35.0 Å². The van der Waals surface area contributed by atoms with Crippen LogP contribution < -0.4 is 5.73 Å². The highest BCUT2D eigenvalue weighted by Gasteiger charge is 2.19. The zero-order chi connectivity index (χ0) is 20.9. The molecule has 0 aliphatic heterocycles. The van der Waals surface area contributed by atoms with Gasteiger partial charge in [-0.15, -0.1) is 11.8 Å². The van der Waals surface area contributed by atoms with Crippen molar-refractivity contribution in [1.82, 2.24) is 9.97 Å². The summed E-state index contributed by atoms with van der Waals surface area (Å²) in [7, 11) is 0. The van der Waals surface area contributed by atoms with Crippen LogP contribution in [0.4, 0.5) is 0 Å². The molecular formula is C24H25Cl2N3S. The summed E-state index contributed by atoms with van der Waals surface area (Å²) in [5.41, 5.74) is 11.6. The molecule has 2 aromatic heterocycles. The van der Waals surface area contributed by atoms with E-state index in [4.69, 9.17) is 33.9 Å². The van der Waals surface area contributed by atoms with Gasteiger partial charge < -0.3 is 5.73 Å². The number of thioether (sulfide) groups is 1. The third-order valence-corrected chi connectivity index (χ3v) is 7.75. The molecule has 2 heterocycles. The number of pyridine rings is 2. The average molecular weight is 458 g/mol. The maximum Gasteiger partial charge on any atom is 0.148 e. The van der Waals surface area contributed by atoms with Crippen molar-refractivity contribution in [2.24, 2.45) is 5.73 Å². The van der Waals surface area contributed by atoms with Gasteiger partial charge in [-0.1, -0.05) is 53.5 Å². The topological polar surface area (TPSA) is 51.8 Å². The van der Waals surface area contributed by atoms with Gasteiger partial charge in [0, 0.05) is 29.1 Å². The fourth-order valence-corrected chi connectivity index (χ4v) is 5.45. The van der Waals surface area contributed by atoms with E-state index < -0.39 is 0 Å². The van der Waals surface area contributed by atoms with Crippen LogP contribution in [0.1, 0.15) is 60.0 Å². The molecule has 2 atom stereocenters. The Kier molecular flexibility index (Phi) is 7.32. The highest BCUT2D eigenvalue weighted by molar-refractivity contribution is 7.98. The summed E-state index contributed by atoms with van der Waals surface area (Å²) in [5, 5.41) is 0.842. The second-order valence-electron chi connectivity index (χ2n) is 7.76. The third-order valence-electron chi connectivity index (χ3n) is 5.79. The first-order chi connectivity index (χ1) is 14.6. The maximum atomic E-state index is 6.52. The van der Waals surface area contributed by atoms with Crippen molar-refractivity contribution in [3.05, 3.63) is 87.4 Å². The van der Waals surface area contributed by atoms with Crippen LogP contribution in [-0.4, -0.2) is 9.97 Å². The van der Waals surface area contributed by atoms with Gasteiger partial charge in [-0.3, -0.25) is 4.98 Å². The van der Waals surface area contributed by atoms with Gasteiger partial charge in [0.05, 0.1) is 10.7 Å². The molecule has 3 aromatic rings. The van der Waals surface area contributed by atoms with Crippen LogP contribution in [0, 0.1) is 0 Å². The predicted octanol–water partition coefficient (Wildman–Crippen LogP) is 6.98. The molecule has 0 radical (unpaired) electrons. The minimum atomic E-state index is 0.113. The van der Waals surface area contributed by atoms with Crippen molar-refractivity contribution in [3.8, 4) is 0 Å². The van der Waals surface area contributed by atoms with Crippen molar-refractivity contribution in [3.63, 3.8) is 0 Å². The molecule has 0 saturated carbocycles. The monoisotopic (exact) mass is 457 g/mol. The first-order valence-electron chi connectivity index (χ1n) is 10.3. The zero-order valence-corrected chi connectivity index (χ0v) is 19.1. The molecule has 6 heteroatoms. The smallest absolute Gasteiger partial charge is 0.148 e. The molecule has 156 valence electrons. The van der Waals surface area contributed by atoms with Crippen molar-refractivity contribution >= 4 is 35.0 Å². The van der Waals surface area contributed by atoms with Crippen LogP contribution in [0.2, 0.25) is 10.2 Å². The Hall–Kier alpha value is -1.59. The second kappa shape index (κ2) is 10.1. The minimum absolute atomic E-state index is 0.113. The molecule has 0 amide bonds. The van der Waals surface area contributed by atoms with Crippen molar-refractivity contribution in [2.45, 2.75) is 54.7 Å². The Bertz CT molecular complexity index is 994. The standard InChI is InChI=1S/C24H25Cl2N3S/c25-23-22(12-13-28-24(23)26)30-15-19-10-8-18(14-29-19)16-5-3-6-17-4-1-2-7-20(17)21(27)11-9-16/h1-2,4,7-8,10,12-14,16,21H,3,5-6,9,11,15,27H2/t16-,21-/m1/s1. The molecule has 1 aliphatic rings. The van der Waals surface area contributed by atoms with Crippen molar-refractivity contribution in [2.75, 3.05) is 0 Å². The molecule has 2 N–H and O–H groups in total. The van der Waals surface area contributed by atoms with Crippen LogP contribution in [0.3, 0.4) is 0 Å². The van der Waals surface area contributed by atoms with E-state index >= 15 is 0 Å². The Morgan fingerprint density at radius 2 is 1.87 bits per heavy atom. The highest BCUT2D eigenvalue weighted by Crippen LogP contribution is 2.35. The normalized spacial score (nSPS) is 19.4. The van der Waals surface area contributed by atoms with Gasteiger partial charge >= 0.3 is 0 Å². The fourth-order valence-electron chi connectivity index (χ4n) is 4.10. The second-order valence-corrected chi connectivity index (χ2v) is 9.51. The fraction of sp³-hybridized carbons (Fsp3) is 0.333. The number of aryl methyl sites for hydroxylation is 1. The summed E-state index contributed by atoms with van der Waals surface area (Å²) in [6.07, 6.45) is 9.25. The lowest BCUT2D eigenvalue weighted by Crippen LogP contribution is -2.13. The number of aromatic nitrogens is 2. The quantitative estimate of drug-likeness (QED) is 0.339. The van der Waals surface area contributed by atoms with Crippen LogP contribution in [0.25, 0.3) is 0 Å². The average Bonchev–Trinajstić information content (AvgIpc) is 2.85. The molecule has 1 aromatic carbocycles. The van der Waals surface area contributed by atoms with E-state index in [0.29, 0.717) is 16.1 Å². The lowest BCUT2D eigenvalue weighted by atomic mass is 9.89. The molecule has 0 saturated heterocycles. The number of fused-ring (bicyclic) bond motifs is 1. The van der Waals surface area contributed by atoms with E-state index in [1.54, 1.807) is 18.0 Å². The lowest BCUT2D eigenvalue weighted by Gasteiger charge is -2.18. The summed E-state index contributed by atoms with van der Waals surface area (Å²) in [6, 6.07) is 15.0. The molecule has 30 heavy (non-hydrogen) atoms. The minimum Gasteiger partial charge on any atom is -0.324 e. The van der Waals surface area contributed by atoms with E-state index in [-0.39, 0.29) is 6.04 Å². The number of rotatable bonds is 4. The molecule has 0 spiro atoms. The van der Waals surface area contributed by atoms with Gasteiger partial charge in [0.25, 0.3) is 0 Å². The van der Waals surface area contributed by atoms with Crippen LogP contribution in [0.15, 0.2) is 59.8 Å². The third kappa shape index (κ3) is 5.17. The predicted molar refractivity (Wildman–Crippen MR) is 126 cm³/mol. The van der Waals surface area contributed by atoms with E-state index in [1.807, 2.05) is 12.3 Å². The van der Waals surface area contributed by atoms with Gasteiger partial charge in [0.1, 0.15) is 5.15 Å². The number of nitrogens with two attached hydrogens (primary N) is 1. The lowest BCUT2D eigenvalue weighted by molar-refractivity contribution is 0.509. The summed E-state index contributed by atoms with van der Waals surface area (Å²) in [4.78, 5) is 9.63. The highest BCUT2D eigenvalue weighted by atomic mass is 35.5. The summed E-state index contributed by atoms with van der Waals surface area (Å²) in [6.45, 7) is 0. The summed E-state index contributed by atoms with van der Waals surface area (Å²) < 4.78 is 0. The molecule has 1 aliphatic carbocycles. The molecule has 0 fully saturated rings. The molecule has 0 bridgehead atoms. The molecule has 3 nitrogen and oxygen atoms in total. The molecule has 4 rings (SSSR count). The summed E-state index contributed by atoms with van der Waals surface area (Å²) in [5.74, 6) is 1.25. The Morgan fingerprint density at radius 3 is 2.70 bits per heavy atom. The van der Waals surface area contributed by atoms with Crippen LogP contribution in [-0.2, 0) is 12.2 Å².